The Morgan fingerprint density at radius 3 is 1.96 bits per heavy atom. The number of hydrogen-bond donors (Lipinski definition) is 0. The molecule has 2 aromatic carbocycles. The van der Waals surface area contributed by atoms with Crippen LogP contribution in [0.5, 0.6) is 0 Å². The van der Waals surface area contributed by atoms with Crippen LogP contribution in [0.15, 0.2) is 60.7 Å². The van der Waals surface area contributed by atoms with Gasteiger partial charge in [-0.25, -0.2) is 0 Å². The van der Waals surface area contributed by atoms with Gasteiger partial charge < -0.3 is 4.90 Å². The summed E-state index contributed by atoms with van der Waals surface area (Å²) in [6.45, 7) is 5.28. The number of hydrogen-bond acceptors (Lipinski definition) is 1. The Morgan fingerprint density at radius 1 is 1.00 bits per heavy atom. The van der Waals surface area contributed by atoms with E-state index in [1.807, 2.05) is 12.1 Å². The van der Waals surface area contributed by atoms with E-state index in [0.717, 1.165) is 17.4 Å². The van der Waals surface area contributed by atoms with Crippen molar-refractivity contribution < 1.29 is 4.79 Å². The number of halogens is 1. The minimum Gasteiger partial charge on any atom is -0.331 e. The van der Waals surface area contributed by atoms with Gasteiger partial charge in [0.25, 0.3) is 0 Å². The van der Waals surface area contributed by atoms with Gasteiger partial charge in [-0.05, 0) is 29.4 Å². The SMILES string of the molecule is CC(C)C[C@@H]1C(=O)N(C(c2ccccc2)c2ccccc2)C[C@H]1CI. The molecule has 3 heteroatoms. The molecular weight excluding hydrogens is 421 g/mol. The Labute approximate surface area is 164 Å². The summed E-state index contributed by atoms with van der Waals surface area (Å²) in [5, 5.41) is 0. The van der Waals surface area contributed by atoms with Crippen LogP contribution in [0.25, 0.3) is 0 Å². The van der Waals surface area contributed by atoms with Gasteiger partial charge in [-0.2, -0.15) is 0 Å². The van der Waals surface area contributed by atoms with E-state index in [1.54, 1.807) is 0 Å². The molecule has 2 atom stereocenters. The molecule has 1 aliphatic rings. The van der Waals surface area contributed by atoms with Crippen molar-refractivity contribution in [3.05, 3.63) is 71.8 Å². The summed E-state index contributed by atoms with van der Waals surface area (Å²) in [5.74, 6) is 1.48. The fourth-order valence-electron chi connectivity index (χ4n) is 3.90. The average molecular weight is 447 g/mol. The van der Waals surface area contributed by atoms with Crippen molar-refractivity contribution >= 4 is 28.5 Å². The van der Waals surface area contributed by atoms with Gasteiger partial charge in [-0.3, -0.25) is 4.79 Å². The summed E-state index contributed by atoms with van der Waals surface area (Å²) < 4.78 is 1.04. The number of benzene rings is 2. The molecule has 132 valence electrons. The summed E-state index contributed by atoms with van der Waals surface area (Å²) in [6, 6.07) is 20.9. The van der Waals surface area contributed by atoms with Crippen molar-refractivity contribution in [3.8, 4) is 0 Å². The molecule has 2 nitrogen and oxygen atoms in total. The minimum absolute atomic E-state index is 0.0116. The number of carbonyl (C=O) groups is 1. The lowest BCUT2D eigenvalue weighted by Gasteiger charge is -2.29. The lowest BCUT2D eigenvalue weighted by molar-refractivity contribution is -0.133. The fourth-order valence-corrected chi connectivity index (χ4v) is 4.79. The van der Waals surface area contributed by atoms with E-state index < -0.39 is 0 Å². The zero-order chi connectivity index (χ0) is 17.8. The average Bonchev–Trinajstić information content (AvgIpc) is 2.93. The zero-order valence-corrected chi connectivity index (χ0v) is 17.1. The first-order chi connectivity index (χ1) is 12.1. The summed E-state index contributed by atoms with van der Waals surface area (Å²) in [7, 11) is 0. The highest BCUT2D eigenvalue weighted by Crippen LogP contribution is 2.39. The minimum atomic E-state index is 0.0116. The normalized spacial score (nSPS) is 20.7. The van der Waals surface area contributed by atoms with Crippen molar-refractivity contribution in [1.82, 2.24) is 4.90 Å². The maximum atomic E-state index is 13.3. The molecule has 1 fully saturated rings. The second-order valence-corrected chi connectivity index (χ2v) is 8.25. The topological polar surface area (TPSA) is 20.3 Å². The first kappa shape index (κ1) is 18.4. The largest absolute Gasteiger partial charge is 0.331 e. The van der Waals surface area contributed by atoms with Gasteiger partial charge in [0, 0.05) is 16.9 Å². The molecular formula is C22H26INO. The highest BCUT2D eigenvalue weighted by Gasteiger charge is 2.43. The summed E-state index contributed by atoms with van der Waals surface area (Å²) in [6.07, 6.45) is 0.985. The number of alkyl halides is 1. The molecule has 0 aliphatic carbocycles. The fraction of sp³-hybridized carbons (Fsp3) is 0.409. The second-order valence-electron chi connectivity index (χ2n) is 7.36. The molecule has 3 rings (SSSR count). The van der Waals surface area contributed by atoms with E-state index >= 15 is 0 Å². The van der Waals surface area contributed by atoms with Crippen molar-refractivity contribution in [1.29, 1.82) is 0 Å². The number of amides is 1. The first-order valence-electron chi connectivity index (χ1n) is 9.08. The monoisotopic (exact) mass is 447 g/mol. The molecule has 0 aromatic heterocycles. The molecule has 0 spiro atoms. The van der Waals surface area contributed by atoms with E-state index in [9.17, 15) is 4.79 Å². The smallest absolute Gasteiger partial charge is 0.226 e. The maximum absolute atomic E-state index is 13.3. The molecule has 1 heterocycles. The van der Waals surface area contributed by atoms with Gasteiger partial charge in [-0.1, -0.05) is 97.1 Å². The lowest BCUT2D eigenvalue weighted by Crippen LogP contribution is -2.32. The van der Waals surface area contributed by atoms with Crippen molar-refractivity contribution in [2.75, 3.05) is 11.0 Å². The van der Waals surface area contributed by atoms with E-state index in [0.29, 0.717) is 17.7 Å². The van der Waals surface area contributed by atoms with Gasteiger partial charge in [0.15, 0.2) is 0 Å². The number of carbonyl (C=O) groups excluding carboxylic acids is 1. The van der Waals surface area contributed by atoms with Gasteiger partial charge in [0.05, 0.1) is 6.04 Å². The Bertz CT molecular complexity index is 646. The van der Waals surface area contributed by atoms with Crippen LogP contribution in [0.1, 0.15) is 37.4 Å². The Morgan fingerprint density at radius 2 is 1.52 bits per heavy atom. The molecule has 1 aliphatic heterocycles. The van der Waals surface area contributed by atoms with Crippen LogP contribution in [0.2, 0.25) is 0 Å². The summed E-state index contributed by atoms with van der Waals surface area (Å²) >= 11 is 2.45. The molecule has 1 amide bonds. The molecule has 2 aromatic rings. The van der Waals surface area contributed by atoms with Crippen molar-refractivity contribution in [2.24, 2.45) is 17.8 Å². The molecule has 0 unspecified atom stereocenters. The van der Waals surface area contributed by atoms with Crippen LogP contribution in [-0.4, -0.2) is 21.8 Å². The Balaban J connectivity index is 1.98. The summed E-state index contributed by atoms with van der Waals surface area (Å²) in [5.41, 5.74) is 2.39. The van der Waals surface area contributed by atoms with Crippen LogP contribution < -0.4 is 0 Å². The zero-order valence-electron chi connectivity index (χ0n) is 14.9. The predicted octanol–water partition coefficient (Wildman–Crippen LogP) is 5.33. The highest BCUT2D eigenvalue weighted by molar-refractivity contribution is 14.1. The standard InChI is InChI=1S/C22H26INO/c1-16(2)13-20-19(14-23)15-24(22(20)25)21(17-9-5-3-6-10-17)18-11-7-4-8-12-18/h3-12,16,19-21H,13-15H2,1-2H3/t19-,20+/m1/s1. The van der Waals surface area contributed by atoms with Gasteiger partial charge in [0.2, 0.25) is 5.91 Å². The molecule has 0 saturated carbocycles. The number of likely N-dealkylation sites (tertiary alicyclic amines) is 1. The van der Waals surface area contributed by atoms with Crippen LogP contribution in [-0.2, 0) is 4.79 Å². The number of rotatable bonds is 6. The highest BCUT2D eigenvalue weighted by atomic mass is 127. The third-order valence-electron chi connectivity index (χ3n) is 5.07. The number of nitrogens with zero attached hydrogens (tertiary/aromatic N) is 1. The Kier molecular flexibility index (Phi) is 6.15. The summed E-state index contributed by atoms with van der Waals surface area (Å²) in [4.78, 5) is 15.4. The van der Waals surface area contributed by atoms with Crippen LogP contribution in [0.3, 0.4) is 0 Å². The van der Waals surface area contributed by atoms with Crippen molar-refractivity contribution in [3.63, 3.8) is 0 Å². The van der Waals surface area contributed by atoms with E-state index in [4.69, 9.17) is 0 Å². The van der Waals surface area contributed by atoms with Crippen molar-refractivity contribution in [2.45, 2.75) is 26.3 Å². The quantitative estimate of drug-likeness (QED) is 0.433. The van der Waals surface area contributed by atoms with E-state index in [2.05, 4.69) is 89.9 Å². The maximum Gasteiger partial charge on any atom is 0.226 e. The molecule has 0 radical (unpaired) electrons. The third-order valence-corrected chi connectivity index (χ3v) is 6.20. The first-order valence-corrected chi connectivity index (χ1v) is 10.6. The molecule has 0 bridgehead atoms. The Hall–Kier alpha value is -1.36. The van der Waals surface area contributed by atoms with Gasteiger partial charge in [0.1, 0.15) is 0 Å². The van der Waals surface area contributed by atoms with Gasteiger partial charge >= 0.3 is 0 Å². The van der Waals surface area contributed by atoms with E-state index in [-0.39, 0.29) is 12.0 Å². The van der Waals surface area contributed by atoms with Gasteiger partial charge in [-0.15, -0.1) is 0 Å². The van der Waals surface area contributed by atoms with E-state index in [1.165, 1.54) is 11.1 Å². The van der Waals surface area contributed by atoms with Crippen LogP contribution >= 0.6 is 22.6 Å². The predicted molar refractivity (Wildman–Crippen MR) is 112 cm³/mol. The van der Waals surface area contributed by atoms with Crippen LogP contribution in [0, 0.1) is 17.8 Å². The van der Waals surface area contributed by atoms with Crippen LogP contribution in [0.4, 0.5) is 0 Å². The lowest BCUT2D eigenvalue weighted by atomic mass is 9.89. The molecule has 1 saturated heterocycles. The molecule has 0 N–H and O–H groups in total. The third kappa shape index (κ3) is 4.08. The second kappa shape index (κ2) is 8.35. The molecule has 25 heavy (non-hydrogen) atoms.